The van der Waals surface area contributed by atoms with Crippen LogP contribution in [-0.4, -0.2) is 22.4 Å². The third-order valence-corrected chi connectivity index (χ3v) is 7.98. The molecule has 2 saturated carbocycles. The molecule has 0 radical (unpaired) electrons. The van der Waals surface area contributed by atoms with Gasteiger partial charge in [0, 0.05) is 5.41 Å². The highest BCUT2D eigenvalue weighted by Gasteiger charge is 2.62. The summed E-state index contributed by atoms with van der Waals surface area (Å²) < 4.78 is 0. The summed E-state index contributed by atoms with van der Waals surface area (Å²) in [6, 6.07) is 0. The molecule has 2 N–H and O–H groups in total. The Morgan fingerprint density at radius 3 is 2.88 bits per heavy atom. The second-order valence-corrected chi connectivity index (χ2v) is 9.15. The smallest absolute Gasteiger partial charge is 0.109 e. The number of rotatable bonds is 2. The maximum absolute atomic E-state index is 11.5. The molecule has 0 bridgehead atoms. The Kier molecular flexibility index (Phi) is 4.12. The number of allylic oxidation sites excluding steroid dienone is 4. The van der Waals surface area contributed by atoms with Crippen LogP contribution < -0.4 is 0 Å². The third-order valence-electron chi connectivity index (χ3n) is 7.98. The van der Waals surface area contributed by atoms with Gasteiger partial charge in [-0.2, -0.15) is 0 Å². The average Bonchev–Trinajstić information content (AvgIpc) is 2.80. The topological polar surface area (TPSA) is 40.5 Å². The van der Waals surface area contributed by atoms with Crippen LogP contribution in [0.1, 0.15) is 46.0 Å². The van der Waals surface area contributed by atoms with E-state index in [-0.39, 0.29) is 12.0 Å². The number of hydrogen-bond donors (Lipinski definition) is 2. The van der Waals surface area contributed by atoms with Crippen LogP contribution in [0, 0.1) is 35.0 Å². The molecule has 1 unspecified atom stereocenters. The van der Waals surface area contributed by atoms with Crippen LogP contribution in [0.2, 0.25) is 0 Å². The number of hydrogen-bond acceptors (Lipinski definition) is 2. The molecule has 136 valence electrons. The molecule has 0 aliphatic heterocycles. The van der Waals surface area contributed by atoms with Crippen molar-refractivity contribution < 1.29 is 10.2 Å². The van der Waals surface area contributed by atoms with Gasteiger partial charge < -0.3 is 10.2 Å². The first-order valence-corrected chi connectivity index (χ1v) is 10.00. The molecule has 0 aromatic rings. The SMILES string of the molecule is C=C1C[C@H]2[C@@H]3C=CC4=CC(C)CC[C@@H]4[C@H]3CC[C@]2(C)[C@]1(O)C=CCO. The van der Waals surface area contributed by atoms with Crippen molar-refractivity contribution in [1.29, 1.82) is 0 Å². The Hall–Kier alpha value is -1.12. The van der Waals surface area contributed by atoms with Crippen LogP contribution in [0.25, 0.3) is 0 Å². The minimum Gasteiger partial charge on any atom is -0.392 e. The Morgan fingerprint density at radius 2 is 2.12 bits per heavy atom. The van der Waals surface area contributed by atoms with Gasteiger partial charge in [-0.25, -0.2) is 0 Å². The van der Waals surface area contributed by atoms with E-state index in [1.54, 1.807) is 11.6 Å². The zero-order valence-corrected chi connectivity index (χ0v) is 15.6. The molecule has 0 aromatic carbocycles. The normalized spacial score (nSPS) is 48.9. The number of fused-ring (bicyclic) bond motifs is 5. The van der Waals surface area contributed by atoms with Crippen molar-refractivity contribution in [3.8, 4) is 0 Å². The number of aliphatic hydroxyl groups is 2. The van der Waals surface area contributed by atoms with Crippen molar-refractivity contribution in [2.45, 2.75) is 51.6 Å². The van der Waals surface area contributed by atoms with Gasteiger partial charge in [-0.15, -0.1) is 0 Å². The predicted molar refractivity (Wildman–Crippen MR) is 102 cm³/mol. The summed E-state index contributed by atoms with van der Waals surface area (Å²) in [5.41, 5.74) is 1.34. The van der Waals surface area contributed by atoms with Gasteiger partial charge in [-0.3, -0.25) is 0 Å². The molecule has 2 fully saturated rings. The van der Waals surface area contributed by atoms with Crippen LogP contribution >= 0.6 is 0 Å². The highest BCUT2D eigenvalue weighted by atomic mass is 16.3. The highest BCUT2D eigenvalue weighted by molar-refractivity contribution is 5.39. The van der Waals surface area contributed by atoms with Crippen LogP contribution in [0.3, 0.4) is 0 Å². The average molecular weight is 341 g/mol. The molecule has 0 saturated heterocycles. The summed E-state index contributed by atoms with van der Waals surface area (Å²) >= 11 is 0. The van der Waals surface area contributed by atoms with E-state index in [2.05, 4.69) is 38.7 Å². The van der Waals surface area contributed by atoms with Crippen molar-refractivity contribution in [2.24, 2.45) is 35.0 Å². The van der Waals surface area contributed by atoms with Gasteiger partial charge in [0.05, 0.1) is 6.61 Å². The number of aliphatic hydroxyl groups excluding tert-OH is 1. The molecule has 25 heavy (non-hydrogen) atoms. The zero-order valence-electron chi connectivity index (χ0n) is 15.6. The second kappa shape index (κ2) is 5.96. The molecule has 4 aliphatic rings. The van der Waals surface area contributed by atoms with E-state index < -0.39 is 5.60 Å². The van der Waals surface area contributed by atoms with Gasteiger partial charge in [0.15, 0.2) is 0 Å². The Balaban J connectivity index is 1.70. The van der Waals surface area contributed by atoms with Crippen LogP contribution in [-0.2, 0) is 0 Å². The molecule has 0 heterocycles. The summed E-state index contributed by atoms with van der Waals surface area (Å²) in [4.78, 5) is 0. The van der Waals surface area contributed by atoms with E-state index in [0.717, 1.165) is 24.3 Å². The molecule has 7 atom stereocenters. The lowest BCUT2D eigenvalue weighted by molar-refractivity contribution is -0.0655. The molecule has 2 heteroatoms. The van der Waals surface area contributed by atoms with Crippen LogP contribution in [0.5, 0.6) is 0 Å². The molecular weight excluding hydrogens is 308 g/mol. The lowest BCUT2D eigenvalue weighted by Gasteiger charge is -2.53. The molecule has 4 aliphatic carbocycles. The maximum Gasteiger partial charge on any atom is 0.109 e. The monoisotopic (exact) mass is 340 g/mol. The Morgan fingerprint density at radius 1 is 1.32 bits per heavy atom. The minimum absolute atomic E-state index is 0.0310. The fraction of sp³-hybridized carbons (Fsp3) is 0.652. The molecular formula is C23H32O2. The van der Waals surface area contributed by atoms with Gasteiger partial charge in [0.25, 0.3) is 0 Å². The van der Waals surface area contributed by atoms with Gasteiger partial charge in [0.1, 0.15) is 5.60 Å². The van der Waals surface area contributed by atoms with E-state index in [1.165, 1.54) is 19.3 Å². The van der Waals surface area contributed by atoms with Crippen molar-refractivity contribution >= 4 is 0 Å². The lowest BCUT2D eigenvalue weighted by Crippen LogP contribution is -2.51. The van der Waals surface area contributed by atoms with Crippen molar-refractivity contribution in [3.63, 3.8) is 0 Å². The predicted octanol–water partition coefficient (Wildman–Crippen LogP) is 4.42. The first-order valence-electron chi connectivity index (χ1n) is 10.00. The molecule has 0 spiro atoms. The molecule has 0 aromatic heterocycles. The second-order valence-electron chi connectivity index (χ2n) is 9.15. The summed E-state index contributed by atoms with van der Waals surface area (Å²) in [7, 11) is 0. The van der Waals surface area contributed by atoms with Gasteiger partial charge >= 0.3 is 0 Å². The van der Waals surface area contributed by atoms with Crippen LogP contribution in [0.15, 0.2) is 48.1 Å². The third kappa shape index (κ3) is 2.37. The van der Waals surface area contributed by atoms with Crippen molar-refractivity contribution in [1.82, 2.24) is 0 Å². The largest absolute Gasteiger partial charge is 0.392 e. The highest BCUT2D eigenvalue weighted by Crippen LogP contribution is 2.65. The molecule has 2 nitrogen and oxygen atoms in total. The minimum atomic E-state index is -0.976. The van der Waals surface area contributed by atoms with Crippen molar-refractivity contribution in [2.75, 3.05) is 6.61 Å². The summed E-state index contributed by atoms with van der Waals surface area (Å²) in [6.07, 6.45) is 16.6. The fourth-order valence-electron chi connectivity index (χ4n) is 6.51. The van der Waals surface area contributed by atoms with Gasteiger partial charge in [0.2, 0.25) is 0 Å². The van der Waals surface area contributed by atoms with Crippen molar-refractivity contribution in [3.05, 3.63) is 48.1 Å². The van der Waals surface area contributed by atoms with E-state index in [1.807, 2.05) is 6.08 Å². The standard InChI is InChI=1S/C23H32O2/c1-15-5-7-18-17(13-15)6-8-20-19(18)9-11-22(3)21(20)14-16(2)23(22,25)10-4-12-24/h4,6,8,10,13,15,18-21,24-25H,2,5,7,9,11-12,14H2,1,3H3/t15?,18-,19+,20+,21-,22-,23-/m0/s1. The summed E-state index contributed by atoms with van der Waals surface area (Å²) in [5.74, 6) is 3.14. The Bertz CT molecular complexity index is 657. The molecule has 4 rings (SSSR count). The molecule has 0 amide bonds. The van der Waals surface area contributed by atoms with E-state index in [9.17, 15) is 10.2 Å². The maximum atomic E-state index is 11.5. The van der Waals surface area contributed by atoms with Gasteiger partial charge in [-0.05, 0) is 72.8 Å². The summed E-state index contributed by atoms with van der Waals surface area (Å²) in [5, 5.41) is 20.7. The van der Waals surface area contributed by atoms with Gasteiger partial charge in [-0.1, -0.05) is 50.8 Å². The van der Waals surface area contributed by atoms with Crippen LogP contribution in [0.4, 0.5) is 0 Å². The Labute approximate surface area is 152 Å². The zero-order chi connectivity index (χ0) is 17.8. The van der Waals surface area contributed by atoms with E-state index in [0.29, 0.717) is 23.7 Å². The quantitative estimate of drug-likeness (QED) is 0.731. The van der Waals surface area contributed by atoms with E-state index in [4.69, 9.17) is 0 Å². The fourth-order valence-corrected chi connectivity index (χ4v) is 6.51. The first kappa shape index (κ1) is 17.3. The summed E-state index contributed by atoms with van der Waals surface area (Å²) in [6.45, 7) is 8.78. The van der Waals surface area contributed by atoms with E-state index >= 15 is 0 Å². The lowest BCUT2D eigenvalue weighted by atomic mass is 9.52. The first-order chi connectivity index (χ1) is 11.9.